The predicted molar refractivity (Wildman–Crippen MR) is 103 cm³/mol. The smallest absolute Gasteiger partial charge is 0.222 e. The van der Waals surface area contributed by atoms with Crippen LogP contribution in [0.25, 0.3) is 0 Å². The highest BCUT2D eigenvalue weighted by Crippen LogP contribution is 2.38. The van der Waals surface area contributed by atoms with Gasteiger partial charge in [0.1, 0.15) is 5.82 Å². The van der Waals surface area contributed by atoms with Gasteiger partial charge in [0.2, 0.25) is 5.91 Å². The Kier molecular flexibility index (Phi) is 5.09. The largest absolute Gasteiger partial charge is 0.343 e. The van der Waals surface area contributed by atoms with Crippen molar-refractivity contribution in [2.45, 2.75) is 63.8 Å². The second-order valence-corrected chi connectivity index (χ2v) is 7.85. The molecule has 1 amide bonds. The van der Waals surface area contributed by atoms with Gasteiger partial charge in [0.25, 0.3) is 0 Å². The molecule has 1 aromatic heterocycles. The summed E-state index contributed by atoms with van der Waals surface area (Å²) in [5.41, 5.74) is 2.52. The number of hydrogen-bond acceptors (Lipinski definition) is 2. The van der Waals surface area contributed by atoms with E-state index < -0.39 is 0 Å². The maximum atomic E-state index is 12.6. The fourth-order valence-electron chi connectivity index (χ4n) is 4.34. The summed E-state index contributed by atoms with van der Waals surface area (Å²) in [6.07, 6.45) is 9.50. The first kappa shape index (κ1) is 17.3. The van der Waals surface area contributed by atoms with E-state index in [4.69, 9.17) is 4.98 Å². The maximum absolute atomic E-state index is 12.6. The van der Waals surface area contributed by atoms with Gasteiger partial charge in [-0.3, -0.25) is 4.79 Å². The molecule has 2 heterocycles. The number of piperidine rings is 1. The third-order valence-corrected chi connectivity index (χ3v) is 6.13. The molecule has 0 unspecified atom stereocenters. The molecule has 2 aromatic rings. The Morgan fingerprint density at radius 2 is 1.85 bits per heavy atom. The first-order chi connectivity index (χ1) is 12.7. The second-order valence-electron chi connectivity index (χ2n) is 7.85. The minimum Gasteiger partial charge on any atom is -0.343 e. The molecule has 0 radical (unpaired) electrons. The Hall–Kier alpha value is -2.10. The average molecular weight is 351 g/mol. The van der Waals surface area contributed by atoms with Crippen molar-refractivity contribution >= 4 is 5.91 Å². The summed E-state index contributed by atoms with van der Waals surface area (Å²) in [6.45, 7) is 3.92. The lowest BCUT2D eigenvalue weighted by molar-refractivity contribution is -0.132. The number of likely N-dealkylation sites (tertiary alicyclic amines) is 1. The monoisotopic (exact) mass is 351 g/mol. The summed E-state index contributed by atoms with van der Waals surface area (Å²) in [4.78, 5) is 19.3. The number of amides is 1. The third-order valence-electron chi connectivity index (χ3n) is 6.13. The van der Waals surface area contributed by atoms with Crippen LogP contribution in [-0.2, 0) is 11.2 Å². The van der Waals surface area contributed by atoms with E-state index >= 15 is 0 Å². The first-order valence-corrected chi connectivity index (χ1v) is 10.1. The molecule has 0 spiro atoms. The maximum Gasteiger partial charge on any atom is 0.222 e. The van der Waals surface area contributed by atoms with Crippen molar-refractivity contribution in [1.29, 1.82) is 0 Å². The number of carbonyl (C=O) groups is 1. The Morgan fingerprint density at radius 3 is 2.50 bits per heavy atom. The molecule has 26 heavy (non-hydrogen) atoms. The summed E-state index contributed by atoms with van der Waals surface area (Å²) >= 11 is 0. The first-order valence-electron chi connectivity index (χ1n) is 10.1. The molecule has 1 aliphatic heterocycles. The molecule has 2 fully saturated rings. The standard InChI is InChI=1S/C22H29N3O/c1-17-16-23-22(19-8-5-9-19)25(17)20-12-14-24(15-13-20)21(26)11-10-18-6-3-2-4-7-18/h2-4,6-7,16,19-20H,5,8-15H2,1H3. The molecule has 4 heteroatoms. The fraction of sp³-hybridized carbons (Fsp3) is 0.545. The number of rotatable bonds is 5. The lowest BCUT2D eigenvalue weighted by atomic mass is 9.84. The Bertz CT molecular complexity index is 740. The predicted octanol–water partition coefficient (Wildman–Crippen LogP) is 4.26. The molecule has 1 saturated heterocycles. The fourth-order valence-corrected chi connectivity index (χ4v) is 4.34. The second kappa shape index (κ2) is 7.65. The minimum atomic E-state index is 0.300. The van der Waals surface area contributed by atoms with E-state index in [1.807, 2.05) is 24.4 Å². The zero-order valence-corrected chi connectivity index (χ0v) is 15.7. The van der Waals surface area contributed by atoms with Crippen molar-refractivity contribution < 1.29 is 4.79 Å². The van der Waals surface area contributed by atoms with Crippen LogP contribution < -0.4 is 0 Å². The Labute approximate surface area is 156 Å². The van der Waals surface area contributed by atoms with Crippen LogP contribution in [-0.4, -0.2) is 33.4 Å². The zero-order valence-electron chi connectivity index (χ0n) is 15.7. The molecule has 1 aliphatic carbocycles. The molecule has 138 valence electrons. The van der Waals surface area contributed by atoms with Gasteiger partial charge in [0.05, 0.1) is 0 Å². The topological polar surface area (TPSA) is 38.1 Å². The molecule has 0 bridgehead atoms. The van der Waals surface area contributed by atoms with E-state index in [1.54, 1.807) is 0 Å². The van der Waals surface area contributed by atoms with Gasteiger partial charge in [0.15, 0.2) is 0 Å². The minimum absolute atomic E-state index is 0.300. The zero-order chi connectivity index (χ0) is 17.9. The summed E-state index contributed by atoms with van der Waals surface area (Å²) < 4.78 is 2.48. The molecule has 2 aliphatic rings. The lowest BCUT2D eigenvalue weighted by Gasteiger charge is -2.36. The highest BCUT2D eigenvalue weighted by molar-refractivity contribution is 5.76. The molecule has 4 rings (SSSR count). The normalized spacial score (nSPS) is 18.7. The van der Waals surface area contributed by atoms with Crippen LogP contribution in [0.4, 0.5) is 0 Å². The van der Waals surface area contributed by atoms with E-state index in [0.29, 0.717) is 24.3 Å². The average Bonchev–Trinajstić information content (AvgIpc) is 3.00. The van der Waals surface area contributed by atoms with E-state index in [9.17, 15) is 4.79 Å². The quantitative estimate of drug-likeness (QED) is 0.807. The molecule has 0 atom stereocenters. The van der Waals surface area contributed by atoms with Crippen molar-refractivity contribution in [3.05, 3.63) is 53.6 Å². The van der Waals surface area contributed by atoms with Gasteiger partial charge < -0.3 is 9.47 Å². The number of aryl methyl sites for hydroxylation is 2. The van der Waals surface area contributed by atoms with Gasteiger partial charge in [0, 0.05) is 43.4 Å². The van der Waals surface area contributed by atoms with Gasteiger partial charge in [-0.25, -0.2) is 4.98 Å². The van der Waals surface area contributed by atoms with Crippen molar-refractivity contribution in [3.8, 4) is 0 Å². The van der Waals surface area contributed by atoms with Crippen LogP contribution in [0.2, 0.25) is 0 Å². The molecule has 1 saturated carbocycles. The van der Waals surface area contributed by atoms with Crippen LogP contribution in [0.5, 0.6) is 0 Å². The van der Waals surface area contributed by atoms with Crippen LogP contribution in [0.15, 0.2) is 36.5 Å². The summed E-state index contributed by atoms with van der Waals surface area (Å²) in [6, 6.07) is 10.8. The number of carbonyl (C=O) groups excluding carboxylic acids is 1. The SMILES string of the molecule is Cc1cnc(C2CCC2)n1C1CCN(C(=O)CCc2ccccc2)CC1. The van der Waals surface area contributed by atoms with E-state index in [1.165, 1.54) is 36.3 Å². The van der Waals surface area contributed by atoms with Gasteiger partial charge >= 0.3 is 0 Å². The number of nitrogens with zero attached hydrogens (tertiary/aromatic N) is 3. The summed E-state index contributed by atoms with van der Waals surface area (Å²) in [7, 11) is 0. The van der Waals surface area contributed by atoms with Crippen molar-refractivity contribution in [1.82, 2.24) is 14.5 Å². The van der Waals surface area contributed by atoms with Gasteiger partial charge in [-0.15, -0.1) is 0 Å². The van der Waals surface area contributed by atoms with Crippen LogP contribution in [0, 0.1) is 6.92 Å². The molecule has 0 N–H and O–H groups in total. The summed E-state index contributed by atoms with van der Waals surface area (Å²) in [5, 5.41) is 0. The molecule has 4 nitrogen and oxygen atoms in total. The lowest BCUT2D eigenvalue weighted by Crippen LogP contribution is -2.39. The van der Waals surface area contributed by atoms with E-state index in [2.05, 4.69) is 28.5 Å². The van der Waals surface area contributed by atoms with Crippen LogP contribution in [0.3, 0.4) is 0 Å². The Balaban J connectivity index is 1.33. The van der Waals surface area contributed by atoms with Gasteiger partial charge in [-0.1, -0.05) is 36.8 Å². The van der Waals surface area contributed by atoms with Crippen LogP contribution >= 0.6 is 0 Å². The third kappa shape index (κ3) is 3.55. The number of imidazole rings is 1. The van der Waals surface area contributed by atoms with Crippen LogP contribution in [0.1, 0.15) is 67.6 Å². The molecular formula is C22H29N3O. The molecule has 1 aromatic carbocycles. The number of aromatic nitrogens is 2. The number of benzene rings is 1. The van der Waals surface area contributed by atoms with Gasteiger partial charge in [-0.05, 0) is 44.6 Å². The van der Waals surface area contributed by atoms with Crippen molar-refractivity contribution in [2.24, 2.45) is 0 Å². The van der Waals surface area contributed by atoms with E-state index in [0.717, 1.165) is 32.4 Å². The van der Waals surface area contributed by atoms with Gasteiger partial charge in [-0.2, -0.15) is 0 Å². The van der Waals surface area contributed by atoms with Crippen molar-refractivity contribution in [2.75, 3.05) is 13.1 Å². The Morgan fingerprint density at radius 1 is 1.12 bits per heavy atom. The summed E-state index contributed by atoms with van der Waals surface area (Å²) in [5.74, 6) is 2.26. The molecular weight excluding hydrogens is 322 g/mol. The highest BCUT2D eigenvalue weighted by Gasteiger charge is 2.30. The van der Waals surface area contributed by atoms with Crippen molar-refractivity contribution in [3.63, 3.8) is 0 Å². The van der Waals surface area contributed by atoms with E-state index in [-0.39, 0.29) is 0 Å². The number of hydrogen-bond donors (Lipinski definition) is 0. The highest BCUT2D eigenvalue weighted by atomic mass is 16.2.